The molecular weight excluding hydrogens is 272 g/mol. The molecule has 0 unspecified atom stereocenters. The fraction of sp³-hybridized carbons (Fsp3) is 0.333. The van der Waals surface area contributed by atoms with Crippen molar-refractivity contribution >= 4 is 6.29 Å². The highest BCUT2D eigenvalue weighted by molar-refractivity contribution is 5.78. The van der Waals surface area contributed by atoms with Crippen LogP contribution in [0.5, 0.6) is 17.2 Å². The highest BCUT2D eigenvalue weighted by Crippen LogP contribution is 2.38. The summed E-state index contributed by atoms with van der Waals surface area (Å²) in [6, 6.07) is 3.25. The summed E-state index contributed by atoms with van der Waals surface area (Å²) in [5.74, 6) is 1.48. The zero-order valence-electron chi connectivity index (χ0n) is 12.1. The summed E-state index contributed by atoms with van der Waals surface area (Å²) in [4.78, 5) is 14.9. The largest absolute Gasteiger partial charge is 0.493 e. The smallest absolute Gasteiger partial charge is 0.203 e. The van der Waals surface area contributed by atoms with Gasteiger partial charge in [-0.15, -0.1) is 0 Å². The topological polar surface area (TPSA) is 62.6 Å². The Kier molecular flexibility index (Phi) is 5.20. The van der Waals surface area contributed by atoms with E-state index in [-0.39, 0.29) is 0 Å². The van der Waals surface area contributed by atoms with Crippen LogP contribution >= 0.6 is 0 Å². The predicted octanol–water partition coefficient (Wildman–Crippen LogP) is 2.18. The summed E-state index contributed by atoms with van der Waals surface area (Å²) in [7, 11) is 3.06. The van der Waals surface area contributed by atoms with Gasteiger partial charge in [-0.25, -0.2) is 4.98 Å². The van der Waals surface area contributed by atoms with E-state index in [9.17, 15) is 4.79 Å². The fourth-order valence-electron chi connectivity index (χ4n) is 1.95. The van der Waals surface area contributed by atoms with E-state index in [1.807, 2.05) is 10.8 Å². The standard InChI is InChI=1S/C15H18N2O4/c1-19-13-8-12(10-18)9-14(20-2)15(13)21-7-3-5-17-6-4-16-11-17/h4,6,8-11H,3,5,7H2,1-2H3. The summed E-state index contributed by atoms with van der Waals surface area (Å²) in [5.41, 5.74) is 0.481. The first-order valence-electron chi connectivity index (χ1n) is 6.58. The number of aryl methyl sites for hydroxylation is 1. The Labute approximate surface area is 123 Å². The predicted molar refractivity (Wildman–Crippen MR) is 77.3 cm³/mol. The molecule has 0 fully saturated rings. The molecule has 0 bridgehead atoms. The average molecular weight is 290 g/mol. The first kappa shape index (κ1) is 14.9. The Morgan fingerprint density at radius 3 is 2.48 bits per heavy atom. The van der Waals surface area contributed by atoms with Crippen molar-refractivity contribution in [3.05, 3.63) is 36.4 Å². The molecule has 0 spiro atoms. The van der Waals surface area contributed by atoms with Gasteiger partial charge in [0.1, 0.15) is 6.29 Å². The molecule has 0 saturated carbocycles. The number of carbonyl (C=O) groups excluding carboxylic acids is 1. The van der Waals surface area contributed by atoms with Crippen LogP contribution in [0.1, 0.15) is 16.8 Å². The number of carbonyl (C=O) groups is 1. The Morgan fingerprint density at radius 2 is 1.95 bits per heavy atom. The van der Waals surface area contributed by atoms with Crippen LogP contribution in [-0.4, -0.2) is 36.7 Å². The number of rotatable bonds is 8. The lowest BCUT2D eigenvalue weighted by Crippen LogP contribution is -2.05. The lowest BCUT2D eigenvalue weighted by Gasteiger charge is -2.15. The number of hydrogen-bond donors (Lipinski definition) is 0. The molecule has 0 atom stereocenters. The maximum absolute atomic E-state index is 10.9. The van der Waals surface area contributed by atoms with Crippen molar-refractivity contribution < 1.29 is 19.0 Å². The molecule has 1 heterocycles. The number of methoxy groups -OCH3 is 2. The van der Waals surface area contributed by atoms with Gasteiger partial charge in [0.2, 0.25) is 5.75 Å². The Bertz CT molecular complexity index is 556. The molecule has 0 aliphatic heterocycles. The van der Waals surface area contributed by atoms with Gasteiger partial charge in [0.25, 0.3) is 0 Å². The third kappa shape index (κ3) is 3.75. The molecule has 112 valence electrons. The van der Waals surface area contributed by atoms with E-state index >= 15 is 0 Å². The maximum atomic E-state index is 10.9. The third-order valence-corrected chi connectivity index (χ3v) is 2.99. The molecule has 21 heavy (non-hydrogen) atoms. The number of ether oxygens (including phenoxy) is 3. The van der Waals surface area contributed by atoms with Gasteiger partial charge < -0.3 is 18.8 Å². The number of hydrogen-bond acceptors (Lipinski definition) is 5. The highest BCUT2D eigenvalue weighted by Gasteiger charge is 2.13. The van der Waals surface area contributed by atoms with Gasteiger partial charge in [-0.2, -0.15) is 0 Å². The molecule has 6 heteroatoms. The van der Waals surface area contributed by atoms with Crippen LogP contribution in [0.3, 0.4) is 0 Å². The average Bonchev–Trinajstić information content (AvgIpc) is 3.04. The molecule has 1 aromatic carbocycles. The van der Waals surface area contributed by atoms with Gasteiger partial charge in [-0.3, -0.25) is 4.79 Å². The van der Waals surface area contributed by atoms with Crippen molar-refractivity contribution in [2.24, 2.45) is 0 Å². The van der Waals surface area contributed by atoms with Crippen molar-refractivity contribution in [3.8, 4) is 17.2 Å². The zero-order chi connectivity index (χ0) is 15.1. The van der Waals surface area contributed by atoms with Gasteiger partial charge in [0.05, 0.1) is 27.2 Å². The minimum atomic E-state index is 0.481. The lowest BCUT2D eigenvalue weighted by atomic mass is 10.2. The minimum absolute atomic E-state index is 0.481. The first-order valence-corrected chi connectivity index (χ1v) is 6.58. The molecule has 0 radical (unpaired) electrons. The molecule has 1 aromatic heterocycles. The van der Waals surface area contributed by atoms with E-state index in [1.54, 1.807) is 24.7 Å². The number of nitrogens with zero attached hydrogens (tertiary/aromatic N) is 2. The molecule has 6 nitrogen and oxygen atoms in total. The number of imidazole rings is 1. The van der Waals surface area contributed by atoms with Crippen molar-refractivity contribution in [1.29, 1.82) is 0 Å². The quantitative estimate of drug-likeness (QED) is 0.551. The number of aldehydes is 1. The van der Waals surface area contributed by atoms with Gasteiger partial charge in [-0.1, -0.05) is 0 Å². The normalized spacial score (nSPS) is 10.2. The van der Waals surface area contributed by atoms with Crippen molar-refractivity contribution in [3.63, 3.8) is 0 Å². The first-order chi connectivity index (χ1) is 10.3. The van der Waals surface area contributed by atoms with Gasteiger partial charge in [0, 0.05) is 24.5 Å². The third-order valence-electron chi connectivity index (χ3n) is 2.99. The summed E-state index contributed by atoms with van der Waals surface area (Å²) < 4.78 is 18.2. The molecule has 0 N–H and O–H groups in total. The van der Waals surface area contributed by atoms with E-state index < -0.39 is 0 Å². The molecule has 0 aliphatic rings. The van der Waals surface area contributed by atoms with Crippen LogP contribution in [0.25, 0.3) is 0 Å². The second-order valence-corrected chi connectivity index (χ2v) is 4.37. The van der Waals surface area contributed by atoms with Crippen LogP contribution in [0, 0.1) is 0 Å². The van der Waals surface area contributed by atoms with Crippen LogP contribution in [0.4, 0.5) is 0 Å². The molecule has 0 amide bonds. The van der Waals surface area contributed by atoms with E-state index in [4.69, 9.17) is 14.2 Å². The van der Waals surface area contributed by atoms with Crippen LogP contribution in [0.2, 0.25) is 0 Å². The Morgan fingerprint density at radius 1 is 1.24 bits per heavy atom. The highest BCUT2D eigenvalue weighted by atomic mass is 16.5. The zero-order valence-corrected chi connectivity index (χ0v) is 12.1. The minimum Gasteiger partial charge on any atom is -0.493 e. The molecule has 0 saturated heterocycles. The molecule has 2 rings (SSSR count). The van der Waals surface area contributed by atoms with E-state index in [0.29, 0.717) is 29.4 Å². The summed E-state index contributed by atoms with van der Waals surface area (Å²) in [6.07, 6.45) is 6.97. The second kappa shape index (κ2) is 7.33. The Balaban J connectivity index is 2.02. The molecule has 0 aliphatic carbocycles. The summed E-state index contributed by atoms with van der Waals surface area (Å²) >= 11 is 0. The van der Waals surface area contributed by atoms with Crippen LogP contribution < -0.4 is 14.2 Å². The van der Waals surface area contributed by atoms with E-state index in [1.165, 1.54) is 14.2 Å². The number of benzene rings is 1. The lowest BCUT2D eigenvalue weighted by molar-refractivity contribution is 0.112. The number of aromatic nitrogens is 2. The van der Waals surface area contributed by atoms with Gasteiger partial charge in [-0.05, 0) is 18.6 Å². The van der Waals surface area contributed by atoms with Crippen LogP contribution in [0.15, 0.2) is 30.9 Å². The second-order valence-electron chi connectivity index (χ2n) is 4.37. The summed E-state index contributed by atoms with van der Waals surface area (Å²) in [6.45, 7) is 1.32. The SMILES string of the molecule is COc1cc(C=O)cc(OC)c1OCCCn1ccnc1. The monoisotopic (exact) mass is 290 g/mol. The van der Waals surface area contributed by atoms with Crippen LogP contribution in [-0.2, 0) is 6.54 Å². The van der Waals surface area contributed by atoms with Crippen molar-refractivity contribution in [2.75, 3.05) is 20.8 Å². The fourth-order valence-corrected chi connectivity index (χ4v) is 1.95. The Hall–Kier alpha value is -2.50. The van der Waals surface area contributed by atoms with E-state index in [2.05, 4.69) is 4.98 Å². The van der Waals surface area contributed by atoms with Gasteiger partial charge in [0.15, 0.2) is 11.5 Å². The van der Waals surface area contributed by atoms with Crippen molar-refractivity contribution in [2.45, 2.75) is 13.0 Å². The maximum Gasteiger partial charge on any atom is 0.203 e. The van der Waals surface area contributed by atoms with Gasteiger partial charge >= 0.3 is 0 Å². The summed E-state index contributed by atoms with van der Waals surface area (Å²) in [5, 5.41) is 0. The molecular formula is C15H18N2O4. The van der Waals surface area contributed by atoms with E-state index in [0.717, 1.165) is 19.3 Å². The molecule has 2 aromatic rings. The van der Waals surface area contributed by atoms with Crippen molar-refractivity contribution in [1.82, 2.24) is 9.55 Å².